The normalized spacial score (nSPS) is 25.6. The first-order valence-corrected chi connectivity index (χ1v) is 7.36. The summed E-state index contributed by atoms with van der Waals surface area (Å²) in [5.41, 5.74) is 2.26. The Bertz CT molecular complexity index is 611. The Labute approximate surface area is 118 Å². The van der Waals surface area contributed by atoms with Crippen LogP contribution in [0.4, 0.5) is 5.82 Å². The van der Waals surface area contributed by atoms with Gasteiger partial charge in [-0.25, -0.2) is 4.98 Å². The zero-order valence-corrected chi connectivity index (χ0v) is 11.7. The van der Waals surface area contributed by atoms with E-state index < -0.39 is 0 Å². The van der Waals surface area contributed by atoms with Gasteiger partial charge in [0.1, 0.15) is 5.65 Å². The van der Waals surface area contributed by atoms with Gasteiger partial charge in [0.2, 0.25) is 0 Å². The molecule has 0 spiro atoms. The first-order chi connectivity index (χ1) is 9.85. The molecule has 20 heavy (non-hydrogen) atoms. The molecule has 2 bridgehead atoms. The molecule has 0 aromatic carbocycles. The SMILES string of the molecule is CNCc1c(N2CC3CCC(C2)O3)nc2ccccn12. The maximum Gasteiger partial charge on any atom is 0.152 e. The molecule has 5 heteroatoms. The molecule has 0 amide bonds. The van der Waals surface area contributed by atoms with E-state index in [2.05, 4.69) is 32.9 Å². The van der Waals surface area contributed by atoms with E-state index in [-0.39, 0.29) is 0 Å². The van der Waals surface area contributed by atoms with Crippen LogP contribution in [0.3, 0.4) is 0 Å². The molecule has 4 rings (SSSR count). The van der Waals surface area contributed by atoms with E-state index in [0.29, 0.717) is 12.2 Å². The molecule has 2 aromatic heterocycles. The third-order valence-corrected chi connectivity index (χ3v) is 4.30. The summed E-state index contributed by atoms with van der Waals surface area (Å²) >= 11 is 0. The van der Waals surface area contributed by atoms with Crippen LogP contribution in [0, 0.1) is 0 Å². The van der Waals surface area contributed by atoms with Gasteiger partial charge in [-0.1, -0.05) is 6.07 Å². The van der Waals surface area contributed by atoms with Gasteiger partial charge in [-0.05, 0) is 32.0 Å². The molecule has 0 radical (unpaired) electrons. The summed E-state index contributed by atoms with van der Waals surface area (Å²) in [6.07, 6.45) is 5.25. The number of anilines is 1. The lowest BCUT2D eigenvalue weighted by Gasteiger charge is -2.33. The molecule has 1 N–H and O–H groups in total. The molecule has 5 nitrogen and oxygen atoms in total. The van der Waals surface area contributed by atoms with Gasteiger partial charge in [-0.3, -0.25) is 0 Å². The highest BCUT2D eigenvalue weighted by molar-refractivity contribution is 5.56. The molecule has 2 aliphatic heterocycles. The van der Waals surface area contributed by atoms with Gasteiger partial charge in [0, 0.05) is 25.8 Å². The number of nitrogens with one attached hydrogen (secondary N) is 1. The Kier molecular flexibility index (Phi) is 2.89. The molecule has 2 aliphatic rings. The van der Waals surface area contributed by atoms with Gasteiger partial charge in [0.15, 0.2) is 5.82 Å². The van der Waals surface area contributed by atoms with Crippen molar-refractivity contribution in [2.24, 2.45) is 0 Å². The predicted molar refractivity (Wildman–Crippen MR) is 78.1 cm³/mol. The first kappa shape index (κ1) is 12.2. The molecule has 0 aliphatic carbocycles. The number of hydrogen-bond acceptors (Lipinski definition) is 4. The fraction of sp³-hybridized carbons (Fsp3) is 0.533. The van der Waals surface area contributed by atoms with Crippen LogP contribution in [-0.4, -0.2) is 41.7 Å². The third-order valence-electron chi connectivity index (χ3n) is 4.30. The largest absolute Gasteiger partial charge is 0.371 e. The van der Waals surface area contributed by atoms with Crippen molar-refractivity contribution >= 4 is 11.5 Å². The Morgan fingerprint density at radius 2 is 2.10 bits per heavy atom. The number of imidazole rings is 1. The monoisotopic (exact) mass is 272 g/mol. The summed E-state index contributed by atoms with van der Waals surface area (Å²) in [6.45, 7) is 2.77. The smallest absolute Gasteiger partial charge is 0.152 e. The highest BCUT2D eigenvalue weighted by Gasteiger charge is 2.35. The predicted octanol–water partition coefficient (Wildman–Crippen LogP) is 1.42. The number of morpholine rings is 1. The Morgan fingerprint density at radius 3 is 2.85 bits per heavy atom. The average Bonchev–Trinajstić information content (AvgIpc) is 3.00. The summed E-state index contributed by atoms with van der Waals surface area (Å²) in [4.78, 5) is 7.25. The summed E-state index contributed by atoms with van der Waals surface area (Å²) in [6, 6.07) is 6.16. The molecule has 2 aromatic rings. The number of pyridine rings is 1. The van der Waals surface area contributed by atoms with Crippen LogP contribution in [0.25, 0.3) is 5.65 Å². The number of fused-ring (bicyclic) bond motifs is 3. The van der Waals surface area contributed by atoms with E-state index in [0.717, 1.165) is 31.1 Å². The molecular weight excluding hydrogens is 252 g/mol. The van der Waals surface area contributed by atoms with Gasteiger partial charge in [-0.2, -0.15) is 0 Å². The van der Waals surface area contributed by atoms with Crippen molar-refractivity contribution in [2.75, 3.05) is 25.0 Å². The number of aromatic nitrogens is 2. The van der Waals surface area contributed by atoms with Crippen LogP contribution < -0.4 is 10.2 Å². The zero-order chi connectivity index (χ0) is 13.5. The Balaban J connectivity index is 1.76. The van der Waals surface area contributed by atoms with Crippen molar-refractivity contribution in [3.63, 3.8) is 0 Å². The van der Waals surface area contributed by atoms with Gasteiger partial charge >= 0.3 is 0 Å². The van der Waals surface area contributed by atoms with Gasteiger partial charge in [0.25, 0.3) is 0 Å². The molecule has 2 unspecified atom stereocenters. The number of hydrogen-bond donors (Lipinski definition) is 1. The maximum atomic E-state index is 5.93. The third kappa shape index (κ3) is 1.89. The fourth-order valence-electron chi connectivity index (χ4n) is 3.41. The lowest BCUT2D eigenvalue weighted by molar-refractivity contribution is 0.0302. The Hall–Kier alpha value is -1.59. The summed E-state index contributed by atoms with van der Waals surface area (Å²) in [7, 11) is 1.98. The van der Waals surface area contributed by atoms with Crippen molar-refractivity contribution in [3.8, 4) is 0 Å². The summed E-state index contributed by atoms with van der Waals surface area (Å²) in [5.74, 6) is 1.12. The highest BCUT2D eigenvalue weighted by atomic mass is 16.5. The first-order valence-electron chi connectivity index (χ1n) is 7.36. The minimum absolute atomic E-state index is 0.390. The molecule has 0 saturated carbocycles. The van der Waals surface area contributed by atoms with E-state index in [1.165, 1.54) is 18.5 Å². The van der Waals surface area contributed by atoms with Gasteiger partial charge in [-0.15, -0.1) is 0 Å². The number of nitrogens with zero attached hydrogens (tertiary/aromatic N) is 3. The standard InChI is InChI=1S/C15H20N4O/c1-16-8-13-15(17-14-4-2-3-7-19(13)14)18-9-11-5-6-12(10-18)20-11/h2-4,7,11-12,16H,5-6,8-10H2,1H3. The van der Waals surface area contributed by atoms with Crippen molar-refractivity contribution in [3.05, 3.63) is 30.1 Å². The lowest BCUT2D eigenvalue weighted by Crippen LogP contribution is -2.43. The lowest BCUT2D eigenvalue weighted by atomic mass is 10.2. The quantitative estimate of drug-likeness (QED) is 0.917. The molecule has 2 fully saturated rings. The van der Waals surface area contributed by atoms with Crippen molar-refractivity contribution in [1.82, 2.24) is 14.7 Å². The highest BCUT2D eigenvalue weighted by Crippen LogP contribution is 2.31. The summed E-state index contributed by atoms with van der Waals surface area (Å²) < 4.78 is 8.11. The topological polar surface area (TPSA) is 41.8 Å². The minimum atomic E-state index is 0.390. The van der Waals surface area contributed by atoms with Gasteiger partial charge < -0.3 is 19.4 Å². The molecule has 2 saturated heterocycles. The van der Waals surface area contributed by atoms with Crippen molar-refractivity contribution in [2.45, 2.75) is 31.6 Å². The zero-order valence-electron chi connectivity index (χ0n) is 11.7. The number of rotatable bonds is 3. The van der Waals surface area contributed by atoms with E-state index in [9.17, 15) is 0 Å². The second kappa shape index (κ2) is 4.75. The molecule has 2 atom stereocenters. The second-order valence-electron chi connectivity index (χ2n) is 5.70. The van der Waals surface area contributed by atoms with Crippen LogP contribution in [0.5, 0.6) is 0 Å². The molecule has 4 heterocycles. The van der Waals surface area contributed by atoms with E-state index in [1.807, 2.05) is 13.1 Å². The van der Waals surface area contributed by atoms with Gasteiger partial charge in [0.05, 0.1) is 17.9 Å². The molecule has 106 valence electrons. The average molecular weight is 272 g/mol. The minimum Gasteiger partial charge on any atom is -0.371 e. The van der Waals surface area contributed by atoms with Crippen molar-refractivity contribution < 1.29 is 4.74 Å². The Morgan fingerprint density at radius 1 is 1.30 bits per heavy atom. The van der Waals surface area contributed by atoms with Crippen LogP contribution in [0.1, 0.15) is 18.5 Å². The van der Waals surface area contributed by atoms with E-state index in [4.69, 9.17) is 9.72 Å². The van der Waals surface area contributed by atoms with Crippen LogP contribution in [0.15, 0.2) is 24.4 Å². The maximum absolute atomic E-state index is 5.93. The molecular formula is C15H20N4O. The van der Waals surface area contributed by atoms with Crippen LogP contribution >= 0.6 is 0 Å². The van der Waals surface area contributed by atoms with Crippen LogP contribution in [0.2, 0.25) is 0 Å². The van der Waals surface area contributed by atoms with Crippen LogP contribution in [-0.2, 0) is 11.3 Å². The fourth-order valence-corrected chi connectivity index (χ4v) is 3.41. The van der Waals surface area contributed by atoms with E-state index in [1.54, 1.807) is 0 Å². The number of ether oxygens (including phenoxy) is 1. The summed E-state index contributed by atoms with van der Waals surface area (Å²) in [5, 5.41) is 3.26. The van der Waals surface area contributed by atoms with Crippen molar-refractivity contribution in [1.29, 1.82) is 0 Å². The second-order valence-corrected chi connectivity index (χ2v) is 5.70. The van der Waals surface area contributed by atoms with E-state index >= 15 is 0 Å².